The van der Waals surface area contributed by atoms with Crippen molar-refractivity contribution >= 4 is 5.97 Å². The molecule has 0 amide bonds. The van der Waals surface area contributed by atoms with Gasteiger partial charge >= 0.3 is 0 Å². The zero-order valence-electron chi connectivity index (χ0n) is 10.9. The van der Waals surface area contributed by atoms with Gasteiger partial charge in [0.15, 0.2) is 0 Å². The molecule has 0 aliphatic rings. The van der Waals surface area contributed by atoms with E-state index in [1.165, 1.54) is 0 Å². The first kappa shape index (κ1) is 15.3. The minimum Gasteiger partial charge on any atom is -0.508 e. The number of aliphatic carboxylic acids is 1. The highest BCUT2D eigenvalue weighted by Gasteiger charge is 2.18. The molecule has 0 fully saturated rings. The highest BCUT2D eigenvalue weighted by Crippen LogP contribution is 2.33. The number of phenolic OH excluding ortho intramolecular Hbond substituents is 1. The lowest BCUT2D eigenvalue weighted by molar-refractivity contribution is -0.134. The van der Waals surface area contributed by atoms with Crippen LogP contribution in [-0.2, 0) is 10.2 Å². The van der Waals surface area contributed by atoms with Crippen LogP contribution in [0, 0.1) is 0 Å². The molecular formula is C13H20O4. The predicted octanol–water partition coefficient (Wildman–Crippen LogP) is 2.79. The summed E-state index contributed by atoms with van der Waals surface area (Å²) in [6, 6.07) is 5.29. The third-order valence-corrected chi connectivity index (χ3v) is 2.01. The summed E-state index contributed by atoms with van der Waals surface area (Å²) in [4.78, 5) is 9.00. The Kier molecular flexibility index (Phi) is 5.51. The number of methoxy groups -OCH3 is 1. The number of aromatic hydroxyl groups is 1. The number of ether oxygens (including phenoxy) is 1. The monoisotopic (exact) mass is 240 g/mol. The summed E-state index contributed by atoms with van der Waals surface area (Å²) in [5, 5.41) is 17.0. The number of benzene rings is 1. The highest BCUT2D eigenvalue weighted by atomic mass is 16.5. The lowest BCUT2D eigenvalue weighted by Crippen LogP contribution is -2.11. The summed E-state index contributed by atoms with van der Waals surface area (Å²) in [7, 11) is 1.62. The normalized spacial score (nSPS) is 10.2. The Balaban J connectivity index is 0.000000557. The fraction of sp³-hybridized carbons (Fsp3) is 0.462. The van der Waals surface area contributed by atoms with E-state index in [4.69, 9.17) is 14.6 Å². The molecule has 0 aliphatic carbocycles. The van der Waals surface area contributed by atoms with Gasteiger partial charge in [-0.05, 0) is 23.6 Å². The number of carboxylic acid groups (broad SMARTS) is 1. The molecule has 96 valence electrons. The third kappa shape index (κ3) is 5.80. The molecule has 1 aromatic rings. The van der Waals surface area contributed by atoms with Crippen molar-refractivity contribution in [2.75, 3.05) is 7.11 Å². The predicted molar refractivity (Wildman–Crippen MR) is 66.7 cm³/mol. The van der Waals surface area contributed by atoms with Crippen LogP contribution >= 0.6 is 0 Å². The van der Waals surface area contributed by atoms with Gasteiger partial charge in [-0.25, -0.2) is 0 Å². The van der Waals surface area contributed by atoms with E-state index < -0.39 is 5.97 Å². The number of carboxylic acids is 1. The summed E-state index contributed by atoms with van der Waals surface area (Å²) < 4.78 is 5.09. The second kappa shape index (κ2) is 6.13. The lowest BCUT2D eigenvalue weighted by Gasteiger charge is -2.20. The minimum atomic E-state index is -0.833. The summed E-state index contributed by atoms with van der Waals surface area (Å²) >= 11 is 0. The maximum absolute atomic E-state index is 9.61. The van der Waals surface area contributed by atoms with Crippen molar-refractivity contribution in [2.24, 2.45) is 0 Å². The Labute approximate surface area is 102 Å². The highest BCUT2D eigenvalue weighted by molar-refractivity contribution is 5.62. The van der Waals surface area contributed by atoms with Gasteiger partial charge in [0.1, 0.15) is 11.5 Å². The molecule has 4 heteroatoms. The molecule has 0 atom stereocenters. The molecule has 1 rings (SSSR count). The summed E-state index contributed by atoms with van der Waals surface area (Å²) in [5.74, 6) is 0.274. The van der Waals surface area contributed by atoms with Crippen molar-refractivity contribution in [3.63, 3.8) is 0 Å². The molecule has 4 nitrogen and oxygen atoms in total. The van der Waals surface area contributed by atoms with Gasteiger partial charge in [0, 0.05) is 12.5 Å². The third-order valence-electron chi connectivity index (χ3n) is 2.01. The maximum Gasteiger partial charge on any atom is 0.300 e. The van der Waals surface area contributed by atoms with E-state index in [2.05, 4.69) is 20.8 Å². The van der Waals surface area contributed by atoms with Crippen molar-refractivity contribution in [1.82, 2.24) is 0 Å². The van der Waals surface area contributed by atoms with E-state index in [1.807, 2.05) is 6.07 Å². The Morgan fingerprint density at radius 3 is 2.12 bits per heavy atom. The van der Waals surface area contributed by atoms with Crippen LogP contribution in [0.3, 0.4) is 0 Å². The molecule has 0 aromatic heterocycles. The van der Waals surface area contributed by atoms with E-state index in [-0.39, 0.29) is 5.41 Å². The maximum atomic E-state index is 9.61. The first-order valence-electron chi connectivity index (χ1n) is 5.25. The van der Waals surface area contributed by atoms with Crippen LogP contribution < -0.4 is 4.74 Å². The van der Waals surface area contributed by atoms with Crippen molar-refractivity contribution in [3.05, 3.63) is 23.8 Å². The molecule has 0 bridgehead atoms. The number of hydrogen-bond donors (Lipinski definition) is 2. The minimum absolute atomic E-state index is 0.0569. The second-order valence-electron chi connectivity index (χ2n) is 4.65. The molecule has 0 spiro atoms. The Morgan fingerprint density at radius 1 is 1.29 bits per heavy atom. The van der Waals surface area contributed by atoms with E-state index in [1.54, 1.807) is 19.2 Å². The molecule has 0 saturated heterocycles. The largest absolute Gasteiger partial charge is 0.508 e. The van der Waals surface area contributed by atoms with Gasteiger partial charge in [0.05, 0.1) is 7.11 Å². The standard InChI is InChI=1S/C11H16O2.C2H4O2/c1-11(2,3)9-7-8(13-4)5-6-10(9)12;1-2(3)4/h5-7,12H,1-4H3;1H3,(H,3,4). The van der Waals surface area contributed by atoms with Crippen LogP contribution in [0.15, 0.2) is 18.2 Å². The quantitative estimate of drug-likeness (QED) is 0.792. The number of rotatable bonds is 1. The van der Waals surface area contributed by atoms with Gasteiger partial charge < -0.3 is 14.9 Å². The molecule has 2 N–H and O–H groups in total. The van der Waals surface area contributed by atoms with E-state index >= 15 is 0 Å². The van der Waals surface area contributed by atoms with Crippen LogP contribution in [0.5, 0.6) is 11.5 Å². The average Bonchev–Trinajstić information content (AvgIpc) is 2.16. The molecule has 0 radical (unpaired) electrons. The number of carbonyl (C=O) groups is 1. The first-order chi connectivity index (χ1) is 7.68. The van der Waals surface area contributed by atoms with Gasteiger partial charge in [0.25, 0.3) is 5.97 Å². The van der Waals surface area contributed by atoms with Crippen molar-refractivity contribution < 1.29 is 19.7 Å². The first-order valence-corrected chi connectivity index (χ1v) is 5.25. The van der Waals surface area contributed by atoms with Gasteiger partial charge in [-0.1, -0.05) is 20.8 Å². The Morgan fingerprint density at radius 2 is 1.76 bits per heavy atom. The molecule has 0 saturated carbocycles. The summed E-state index contributed by atoms with van der Waals surface area (Å²) in [5.41, 5.74) is 0.852. The SMILES string of the molecule is CC(=O)O.COc1ccc(O)c(C(C)(C)C)c1. The molecule has 17 heavy (non-hydrogen) atoms. The van der Waals surface area contributed by atoms with E-state index in [9.17, 15) is 5.11 Å². The van der Waals surface area contributed by atoms with Gasteiger partial charge in [-0.2, -0.15) is 0 Å². The fourth-order valence-corrected chi connectivity index (χ4v) is 1.24. The number of phenols is 1. The lowest BCUT2D eigenvalue weighted by atomic mass is 9.86. The Hall–Kier alpha value is -1.71. The van der Waals surface area contributed by atoms with Crippen LogP contribution in [0.25, 0.3) is 0 Å². The number of hydrogen-bond acceptors (Lipinski definition) is 3. The second-order valence-corrected chi connectivity index (χ2v) is 4.65. The van der Waals surface area contributed by atoms with Crippen molar-refractivity contribution in [2.45, 2.75) is 33.1 Å². The van der Waals surface area contributed by atoms with Crippen LogP contribution in [-0.4, -0.2) is 23.3 Å². The van der Waals surface area contributed by atoms with Crippen molar-refractivity contribution in [3.8, 4) is 11.5 Å². The Bertz CT molecular complexity index is 373. The average molecular weight is 240 g/mol. The topological polar surface area (TPSA) is 66.8 Å². The van der Waals surface area contributed by atoms with Crippen LogP contribution in [0.2, 0.25) is 0 Å². The van der Waals surface area contributed by atoms with E-state index in [0.717, 1.165) is 18.2 Å². The van der Waals surface area contributed by atoms with Gasteiger partial charge in [-0.3, -0.25) is 4.79 Å². The van der Waals surface area contributed by atoms with Crippen molar-refractivity contribution in [1.29, 1.82) is 0 Å². The van der Waals surface area contributed by atoms with Crippen LogP contribution in [0.4, 0.5) is 0 Å². The zero-order valence-corrected chi connectivity index (χ0v) is 10.9. The van der Waals surface area contributed by atoms with Gasteiger partial charge in [-0.15, -0.1) is 0 Å². The molecule has 1 aromatic carbocycles. The van der Waals surface area contributed by atoms with E-state index in [0.29, 0.717) is 5.75 Å². The molecular weight excluding hydrogens is 220 g/mol. The smallest absolute Gasteiger partial charge is 0.300 e. The molecule has 0 heterocycles. The fourth-order valence-electron chi connectivity index (χ4n) is 1.24. The summed E-state index contributed by atoms with van der Waals surface area (Å²) in [6.07, 6.45) is 0. The van der Waals surface area contributed by atoms with Gasteiger partial charge in [0.2, 0.25) is 0 Å². The molecule has 0 aliphatic heterocycles. The molecule has 0 unspecified atom stereocenters. The summed E-state index contributed by atoms with van der Waals surface area (Å²) in [6.45, 7) is 7.25. The van der Waals surface area contributed by atoms with Crippen LogP contribution in [0.1, 0.15) is 33.3 Å². The zero-order chi connectivity index (χ0) is 13.6.